The van der Waals surface area contributed by atoms with E-state index in [1.165, 1.54) is 30.5 Å². The molecule has 7 heteroatoms. The van der Waals surface area contributed by atoms with Gasteiger partial charge in [0.05, 0.1) is 16.8 Å². The summed E-state index contributed by atoms with van der Waals surface area (Å²) in [5.41, 5.74) is -0.393. The third-order valence-electron chi connectivity index (χ3n) is 4.58. The minimum absolute atomic E-state index is 0.0726. The molecule has 0 bridgehead atoms. The van der Waals surface area contributed by atoms with Crippen LogP contribution in [0.25, 0.3) is 0 Å². The first-order valence-electron chi connectivity index (χ1n) is 8.53. The van der Waals surface area contributed by atoms with E-state index in [4.69, 9.17) is 0 Å². The van der Waals surface area contributed by atoms with Gasteiger partial charge in [0.15, 0.2) is 0 Å². The van der Waals surface area contributed by atoms with Crippen molar-refractivity contribution in [3.8, 4) is 0 Å². The molecular weight excluding hydrogens is 343 g/mol. The molecule has 1 aliphatic rings. The highest BCUT2D eigenvalue weighted by atomic mass is 19.4. The number of alkyl halides is 3. The van der Waals surface area contributed by atoms with Gasteiger partial charge in [0.1, 0.15) is 5.82 Å². The zero-order valence-electron chi connectivity index (χ0n) is 14.4. The van der Waals surface area contributed by atoms with Crippen LogP contribution in [-0.4, -0.2) is 28.9 Å². The van der Waals surface area contributed by atoms with Crippen LogP contribution in [0.1, 0.15) is 35.7 Å². The summed E-state index contributed by atoms with van der Waals surface area (Å²) in [5, 5.41) is 2.67. The van der Waals surface area contributed by atoms with Crippen molar-refractivity contribution >= 4 is 17.4 Å². The number of hydrogen-bond donors (Lipinski definition) is 1. The lowest BCUT2D eigenvalue weighted by molar-refractivity contribution is -0.136. The van der Waals surface area contributed by atoms with Crippen LogP contribution in [0.15, 0.2) is 42.6 Å². The molecule has 1 aromatic heterocycles. The summed E-state index contributed by atoms with van der Waals surface area (Å²) in [4.78, 5) is 18.4. The zero-order chi connectivity index (χ0) is 18.7. The predicted octanol–water partition coefficient (Wildman–Crippen LogP) is 4.72. The van der Waals surface area contributed by atoms with Gasteiger partial charge in [-0.15, -0.1) is 0 Å². The molecule has 2 heterocycles. The summed E-state index contributed by atoms with van der Waals surface area (Å²) in [6.45, 7) is 3.61. The highest BCUT2D eigenvalue weighted by Crippen LogP contribution is 2.35. The first kappa shape index (κ1) is 18.2. The van der Waals surface area contributed by atoms with E-state index in [-0.39, 0.29) is 17.4 Å². The maximum absolute atomic E-state index is 13.0. The Morgan fingerprint density at radius 2 is 1.85 bits per heavy atom. The Bertz CT molecular complexity index is 766. The number of nitrogens with one attached hydrogen (secondary N) is 1. The Kier molecular flexibility index (Phi) is 5.15. The van der Waals surface area contributed by atoms with Crippen molar-refractivity contribution in [3.05, 3.63) is 53.7 Å². The van der Waals surface area contributed by atoms with Gasteiger partial charge in [0, 0.05) is 19.3 Å². The van der Waals surface area contributed by atoms with Crippen LogP contribution in [0.3, 0.4) is 0 Å². The molecule has 1 aliphatic heterocycles. The van der Waals surface area contributed by atoms with Crippen LogP contribution in [0.4, 0.5) is 24.7 Å². The van der Waals surface area contributed by atoms with Crippen molar-refractivity contribution in [3.63, 3.8) is 0 Å². The van der Waals surface area contributed by atoms with Crippen LogP contribution in [0.5, 0.6) is 0 Å². The number of halogens is 3. The minimum atomic E-state index is -4.45. The highest BCUT2D eigenvalue weighted by Gasteiger charge is 2.33. The zero-order valence-corrected chi connectivity index (χ0v) is 14.4. The Morgan fingerprint density at radius 3 is 2.46 bits per heavy atom. The number of nitrogens with zero attached hydrogens (tertiary/aromatic N) is 2. The van der Waals surface area contributed by atoms with E-state index in [1.807, 2.05) is 0 Å². The molecule has 2 aromatic rings. The second-order valence-electron chi connectivity index (χ2n) is 6.58. The molecule has 3 rings (SSSR count). The van der Waals surface area contributed by atoms with E-state index in [9.17, 15) is 18.0 Å². The Morgan fingerprint density at radius 1 is 1.15 bits per heavy atom. The van der Waals surface area contributed by atoms with E-state index < -0.39 is 11.7 Å². The summed E-state index contributed by atoms with van der Waals surface area (Å²) in [6.07, 6.45) is -1.09. The molecule has 0 saturated carbocycles. The first-order chi connectivity index (χ1) is 12.3. The molecule has 26 heavy (non-hydrogen) atoms. The molecule has 1 aromatic carbocycles. The summed E-state index contributed by atoms with van der Waals surface area (Å²) in [7, 11) is 0. The van der Waals surface area contributed by atoms with Crippen molar-refractivity contribution in [2.24, 2.45) is 5.92 Å². The molecular formula is C19H20F3N3O. The second-order valence-corrected chi connectivity index (χ2v) is 6.58. The van der Waals surface area contributed by atoms with Gasteiger partial charge in [-0.3, -0.25) is 4.79 Å². The molecule has 1 amide bonds. The number of carbonyl (C=O) groups is 1. The largest absolute Gasteiger partial charge is 0.418 e. The standard InChI is InChI=1S/C19H20F3N3O/c1-13-8-10-25(11-9-13)18(26)14-6-7-17(23-12-14)24-16-5-3-2-4-15(16)19(20,21)22/h2-7,12-13H,8-11H2,1H3,(H,23,24). The van der Waals surface area contributed by atoms with Crippen LogP contribution in [0, 0.1) is 5.92 Å². The number of hydrogen-bond acceptors (Lipinski definition) is 3. The fraction of sp³-hybridized carbons (Fsp3) is 0.368. The Hall–Kier alpha value is -2.57. The molecule has 0 radical (unpaired) electrons. The van der Waals surface area contributed by atoms with Gasteiger partial charge in [-0.25, -0.2) is 4.98 Å². The number of benzene rings is 1. The SMILES string of the molecule is CC1CCN(C(=O)c2ccc(Nc3ccccc3C(F)(F)F)nc2)CC1. The van der Waals surface area contributed by atoms with Crippen molar-refractivity contribution in [2.75, 3.05) is 18.4 Å². The van der Waals surface area contributed by atoms with Gasteiger partial charge in [-0.05, 0) is 43.0 Å². The topological polar surface area (TPSA) is 45.2 Å². The van der Waals surface area contributed by atoms with Crippen LogP contribution in [0.2, 0.25) is 0 Å². The van der Waals surface area contributed by atoms with Crippen molar-refractivity contribution in [2.45, 2.75) is 25.9 Å². The number of aromatic nitrogens is 1. The number of pyridine rings is 1. The van der Waals surface area contributed by atoms with Crippen molar-refractivity contribution < 1.29 is 18.0 Å². The lowest BCUT2D eigenvalue weighted by atomic mass is 9.99. The lowest BCUT2D eigenvalue weighted by Gasteiger charge is -2.30. The smallest absolute Gasteiger partial charge is 0.340 e. The quantitative estimate of drug-likeness (QED) is 0.859. The second kappa shape index (κ2) is 7.35. The fourth-order valence-electron chi connectivity index (χ4n) is 2.97. The normalized spacial score (nSPS) is 15.8. The molecule has 1 saturated heterocycles. The summed E-state index contributed by atoms with van der Waals surface area (Å²) >= 11 is 0. The molecule has 0 unspecified atom stereocenters. The van der Waals surface area contributed by atoms with Gasteiger partial charge in [0.2, 0.25) is 0 Å². The predicted molar refractivity (Wildman–Crippen MR) is 93.3 cm³/mol. The third-order valence-corrected chi connectivity index (χ3v) is 4.58. The van der Waals surface area contributed by atoms with E-state index in [0.717, 1.165) is 32.0 Å². The molecule has 0 atom stereocenters. The summed E-state index contributed by atoms with van der Waals surface area (Å²) in [5.74, 6) is 0.787. The highest BCUT2D eigenvalue weighted by molar-refractivity contribution is 5.94. The number of piperidine rings is 1. The van der Waals surface area contributed by atoms with Crippen molar-refractivity contribution in [1.82, 2.24) is 9.88 Å². The van der Waals surface area contributed by atoms with E-state index in [1.54, 1.807) is 11.0 Å². The minimum Gasteiger partial charge on any atom is -0.340 e. The molecule has 4 nitrogen and oxygen atoms in total. The van der Waals surface area contributed by atoms with Crippen LogP contribution in [-0.2, 0) is 6.18 Å². The van der Waals surface area contributed by atoms with Crippen LogP contribution >= 0.6 is 0 Å². The molecule has 138 valence electrons. The number of para-hydroxylation sites is 1. The number of amides is 1. The number of rotatable bonds is 3. The maximum atomic E-state index is 13.0. The van der Waals surface area contributed by atoms with E-state index in [2.05, 4.69) is 17.2 Å². The lowest BCUT2D eigenvalue weighted by Crippen LogP contribution is -2.37. The van der Waals surface area contributed by atoms with Gasteiger partial charge in [-0.2, -0.15) is 13.2 Å². The monoisotopic (exact) mass is 363 g/mol. The Labute approximate surface area is 150 Å². The summed E-state index contributed by atoms with van der Waals surface area (Å²) in [6, 6.07) is 8.32. The van der Waals surface area contributed by atoms with E-state index in [0.29, 0.717) is 11.5 Å². The van der Waals surface area contributed by atoms with Gasteiger partial charge >= 0.3 is 6.18 Å². The fourth-order valence-corrected chi connectivity index (χ4v) is 2.97. The first-order valence-corrected chi connectivity index (χ1v) is 8.53. The summed E-state index contributed by atoms with van der Waals surface area (Å²) < 4.78 is 39.1. The maximum Gasteiger partial charge on any atom is 0.418 e. The number of anilines is 2. The third kappa shape index (κ3) is 4.15. The number of likely N-dealkylation sites (tertiary alicyclic amines) is 1. The van der Waals surface area contributed by atoms with E-state index >= 15 is 0 Å². The van der Waals surface area contributed by atoms with Gasteiger partial charge < -0.3 is 10.2 Å². The molecule has 0 spiro atoms. The Balaban J connectivity index is 1.72. The molecule has 1 fully saturated rings. The molecule has 1 N–H and O–H groups in total. The average Bonchev–Trinajstić information content (AvgIpc) is 2.62. The van der Waals surface area contributed by atoms with Gasteiger partial charge in [-0.1, -0.05) is 19.1 Å². The van der Waals surface area contributed by atoms with Crippen molar-refractivity contribution in [1.29, 1.82) is 0 Å². The van der Waals surface area contributed by atoms with Gasteiger partial charge in [0.25, 0.3) is 5.91 Å². The molecule has 0 aliphatic carbocycles. The number of carbonyl (C=O) groups excluding carboxylic acids is 1. The van der Waals surface area contributed by atoms with Crippen LogP contribution < -0.4 is 5.32 Å². The average molecular weight is 363 g/mol.